The Morgan fingerprint density at radius 3 is 2.30 bits per heavy atom. The second-order valence-corrected chi connectivity index (χ2v) is 6.05. The van der Waals surface area contributed by atoms with Crippen LogP contribution in [0.25, 0.3) is 0 Å². The quantitative estimate of drug-likeness (QED) is 0.341. The van der Waals surface area contributed by atoms with Gasteiger partial charge in [-0.2, -0.15) is 17.6 Å². The molecule has 0 bridgehead atoms. The summed E-state index contributed by atoms with van der Waals surface area (Å²) >= 11 is 0. The summed E-state index contributed by atoms with van der Waals surface area (Å²) in [5.74, 6) is -1.05. The third kappa shape index (κ3) is 5.47. The molecule has 3 aromatic rings. The van der Waals surface area contributed by atoms with Crippen LogP contribution >= 0.6 is 0 Å². The van der Waals surface area contributed by atoms with Crippen LogP contribution in [0.5, 0.6) is 11.5 Å². The van der Waals surface area contributed by atoms with E-state index in [2.05, 4.69) is 14.5 Å². The normalized spacial score (nSPS) is 10.9. The standard InChI is InChI=1S/C21H16F4N2O3/c22-20(23)29-18-7-6-17(10-19(18)30-21(24)25)27(12-15-4-2-8-26-11-15)16-5-1-3-14(9-16)13-28/h1-11,13,20-21H,12H2. The fourth-order valence-electron chi connectivity index (χ4n) is 2.82. The summed E-state index contributed by atoms with van der Waals surface area (Å²) in [5, 5.41) is 0. The van der Waals surface area contributed by atoms with Gasteiger partial charge in [-0.25, -0.2) is 0 Å². The van der Waals surface area contributed by atoms with Gasteiger partial charge in [0.25, 0.3) is 0 Å². The maximum atomic E-state index is 12.8. The predicted octanol–water partition coefficient (Wildman–Crippen LogP) is 5.44. The predicted molar refractivity (Wildman–Crippen MR) is 102 cm³/mol. The molecular weight excluding hydrogens is 404 g/mol. The summed E-state index contributed by atoms with van der Waals surface area (Å²) < 4.78 is 59.5. The first-order chi connectivity index (χ1) is 14.5. The lowest BCUT2D eigenvalue weighted by atomic mass is 10.1. The Morgan fingerprint density at radius 2 is 1.63 bits per heavy atom. The van der Waals surface area contributed by atoms with Gasteiger partial charge in [0.05, 0.1) is 0 Å². The van der Waals surface area contributed by atoms with Gasteiger partial charge in [-0.05, 0) is 35.9 Å². The average Bonchev–Trinajstić information content (AvgIpc) is 2.73. The summed E-state index contributed by atoms with van der Waals surface area (Å²) in [7, 11) is 0. The third-order valence-electron chi connectivity index (χ3n) is 4.05. The van der Waals surface area contributed by atoms with Crippen molar-refractivity contribution in [3.05, 3.63) is 78.1 Å². The van der Waals surface area contributed by atoms with Crippen molar-refractivity contribution < 1.29 is 31.8 Å². The molecule has 156 valence electrons. The Balaban J connectivity index is 2.06. The minimum Gasteiger partial charge on any atom is -0.431 e. The van der Waals surface area contributed by atoms with Crippen molar-refractivity contribution in [1.29, 1.82) is 0 Å². The zero-order valence-electron chi connectivity index (χ0n) is 15.4. The molecule has 1 aromatic heterocycles. The number of hydrogen-bond acceptors (Lipinski definition) is 5. The molecule has 2 aromatic carbocycles. The van der Waals surface area contributed by atoms with Gasteiger partial charge in [-0.3, -0.25) is 9.78 Å². The molecule has 5 nitrogen and oxygen atoms in total. The van der Waals surface area contributed by atoms with Gasteiger partial charge in [0, 0.05) is 41.9 Å². The number of pyridine rings is 1. The number of aldehydes is 1. The van der Waals surface area contributed by atoms with E-state index >= 15 is 0 Å². The summed E-state index contributed by atoms with van der Waals surface area (Å²) in [6.07, 6.45) is 3.91. The molecule has 0 saturated carbocycles. The van der Waals surface area contributed by atoms with E-state index in [0.29, 0.717) is 23.2 Å². The van der Waals surface area contributed by atoms with E-state index in [1.54, 1.807) is 47.6 Å². The number of ether oxygens (including phenoxy) is 2. The fourth-order valence-corrected chi connectivity index (χ4v) is 2.82. The molecule has 0 unspecified atom stereocenters. The van der Waals surface area contributed by atoms with Gasteiger partial charge < -0.3 is 14.4 Å². The molecule has 0 aliphatic carbocycles. The number of anilines is 2. The van der Waals surface area contributed by atoms with Crippen molar-refractivity contribution in [3.8, 4) is 11.5 Å². The van der Waals surface area contributed by atoms with Crippen molar-refractivity contribution in [2.45, 2.75) is 19.8 Å². The number of halogens is 4. The molecule has 0 fully saturated rings. The second kappa shape index (κ2) is 9.73. The first-order valence-electron chi connectivity index (χ1n) is 8.71. The minimum atomic E-state index is -3.23. The minimum absolute atomic E-state index is 0.263. The zero-order valence-corrected chi connectivity index (χ0v) is 15.4. The third-order valence-corrected chi connectivity index (χ3v) is 4.05. The lowest BCUT2D eigenvalue weighted by Gasteiger charge is -2.26. The first-order valence-corrected chi connectivity index (χ1v) is 8.71. The summed E-state index contributed by atoms with van der Waals surface area (Å²) in [6.45, 7) is -6.17. The van der Waals surface area contributed by atoms with E-state index in [0.717, 1.165) is 11.6 Å². The first kappa shape index (κ1) is 21.1. The summed E-state index contributed by atoms with van der Waals surface area (Å²) in [4.78, 5) is 16.9. The van der Waals surface area contributed by atoms with E-state index in [4.69, 9.17) is 0 Å². The Morgan fingerprint density at radius 1 is 0.900 bits per heavy atom. The molecule has 0 aliphatic rings. The van der Waals surface area contributed by atoms with Crippen LogP contribution in [-0.4, -0.2) is 24.5 Å². The highest BCUT2D eigenvalue weighted by molar-refractivity contribution is 5.78. The SMILES string of the molecule is O=Cc1cccc(N(Cc2cccnc2)c2ccc(OC(F)F)c(OC(F)F)c2)c1. The molecule has 0 radical (unpaired) electrons. The number of benzene rings is 2. The van der Waals surface area contributed by atoms with E-state index < -0.39 is 24.7 Å². The van der Waals surface area contributed by atoms with Crippen molar-refractivity contribution in [3.63, 3.8) is 0 Å². The van der Waals surface area contributed by atoms with Crippen LogP contribution in [0.4, 0.5) is 28.9 Å². The van der Waals surface area contributed by atoms with Crippen LogP contribution < -0.4 is 14.4 Å². The van der Waals surface area contributed by atoms with Crippen LogP contribution in [0.3, 0.4) is 0 Å². The lowest BCUT2D eigenvalue weighted by molar-refractivity contribution is -0.0692. The van der Waals surface area contributed by atoms with Gasteiger partial charge in [0.1, 0.15) is 6.29 Å². The molecule has 0 atom stereocenters. The largest absolute Gasteiger partial charge is 0.431 e. The molecule has 0 amide bonds. The van der Waals surface area contributed by atoms with Crippen LogP contribution in [0.2, 0.25) is 0 Å². The number of rotatable bonds is 9. The molecule has 1 heterocycles. The van der Waals surface area contributed by atoms with Gasteiger partial charge in [-0.15, -0.1) is 0 Å². The molecule has 0 saturated heterocycles. The van der Waals surface area contributed by atoms with Crippen LogP contribution in [0, 0.1) is 0 Å². The number of hydrogen-bond donors (Lipinski definition) is 0. The number of aromatic nitrogens is 1. The maximum absolute atomic E-state index is 12.8. The molecule has 0 N–H and O–H groups in total. The number of carbonyl (C=O) groups is 1. The highest BCUT2D eigenvalue weighted by Crippen LogP contribution is 2.37. The number of carbonyl (C=O) groups excluding carboxylic acids is 1. The van der Waals surface area contributed by atoms with E-state index in [1.165, 1.54) is 12.1 Å². The van der Waals surface area contributed by atoms with E-state index in [9.17, 15) is 22.4 Å². The van der Waals surface area contributed by atoms with Crippen molar-refractivity contribution in [2.75, 3.05) is 4.90 Å². The topological polar surface area (TPSA) is 51.7 Å². The molecule has 0 aliphatic heterocycles. The second-order valence-electron chi connectivity index (χ2n) is 6.05. The van der Waals surface area contributed by atoms with Gasteiger partial charge >= 0.3 is 13.2 Å². The van der Waals surface area contributed by atoms with Crippen molar-refractivity contribution >= 4 is 17.7 Å². The van der Waals surface area contributed by atoms with E-state index in [1.807, 2.05) is 6.07 Å². The molecule has 0 spiro atoms. The van der Waals surface area contributed by atoms with Gasteiger partial charge in [-0.1, -0.05) is 18.2 Å². The Labute approximate surface area is 169 Å². The van der Waals surface area contributed by atoms with Gasteiger partial charge in [0.2, 0.25) is 0 Å². The Bertz CT molecular complexity index is 987. The summed E-state index contributed by atoms with van der Waals surface area (Å²) in [6, 6.07) is 13.9. The van der Waals surface area contributed by atoms with E-state index in [-0.39, 0.29) is 6.54 Å². The molecule has 30 heavy (non-hydrogen) atoms. The lowest BCUT2D eigenvalue weighted by Crippen LogP contribution is -2.17. The number of alkyl halides is 4. The number of nitrogens with zero attached hydrogens (tertiary/aromatic N) is 2. The highest BCUT2D eigenvalue weighted by Gasteiger charge is 2.19. The van der Waals surface area contributed by atoms with Crippen LogP contribution in [-0.2, 0) is 6.54 Å². The zero-order chi connectivity index (χ0) is 21.5. The molecular formula is C21H16F4N2O3. The van der Waals surface area contributed by atoms with Gasteiger partial charge in [0.15, 0.2) is 11.5 Å². The fraction of sp³-hybridized carbons (Fsp3) is 0.143. The molecule has 9 heteroatoms. The average molecular weight is 420 g/mol. The van der Waals surface area contributed by atoms with Crippen LogP contribution in [0.1, 0.15) is 15.9 Å². The Hall–Kier alpha value is -3.62. The monoisotopic (exact) mass is 420 g/mol. The molecule has 3 rings (SSSR count). The highest BCUT2D eigenvalue weighted by atomic mass is 19.3. The Kier molecular flexibility index (Phi) is 6.84. The maximum Gasteiger partial charge on any atom is 0.387 e. The summed E-state index contributed by atoms with van der Waals surface area (Å²) in [5.41, 5.74) is 2.14. The smallest absolute Gasteiger partial charge is 0.387 e. The van der Waals surface area contributed by atoms with Crippen LogP contribution in [0.15, 0.2) is 67.0 Å². The van der Waals surface area contributed by atoms with Crippen molar-refractivity contribution in [2.24, 2.45) is 0 Å². The van der Waals surface area contributed by atoms with Crippen molar-refractivity contribution in [1.82, 2.24) is 4.98 Å².